The van der Waals surface area contributed by atoms with Crippen molar-refractivity contribution in [3.05, 3.63) is 48.2 Å². The molecule has 1 aliphatic rings. The summed E-state index contributed by atoms with van der Waals surface area (Å²) in [4.78, 5) is 39.1. The number of piperidine rings is 1. The zero-order chi connectivity index (χ0) is 21.1. The Labute approximate surface area is 174 Å². The Morgan fingerprint density at radius 2 is 1.93 bits per heavy atom. The van der Waals surface area contributed by atoms with Crippen LogP contribution in [0.25, 0.3) is 22.4 Å². The molecule has 1 aromatic carbocycles. The van der Waals surface area contributed by atoms with Gasteiger partial charge in [0.15, 0.2) is 11.5 Å². The van der Waals surface area contributed by atoms with E-state index in [1.54, 1.807) is 4.90 Å². The summed E-state index contributed by atoms with van der Waals surface area (Å²) < 4.78 is 0. The highest BCUT2D eigenvalue weighted by atomic mass is 16.2. The minimum Gasteiger partial charge on any atom is -0.383 e. The van der Waals surface area contributed by atoms with Crippen molar-refractivity contribution in [2.45, 2.75) is 25.7 Å². The smallest absolute Gasteiger partial charge is 0.241 e. The van der Waals surface area contributed by atoms with Gasteiger partial charge in [0.05, 0.1) is 11.9 Å². The van der Waals surface area contributed by atoms with E-state index in [4.69, 9.17) is 10.7 Å². The van der Waals surface area contributed by atoms with Crippen molar-refractivity contribution in [1.82, 2.24) is 25.2 Å². The normalized spacial score (nSPS) is 16.4. The third-order valence-electron chi connectivity index (χ3n) is 5.32. The van der Waals surface area contributed by atoms with E-state index in [2.05, 4.69) is 15.3 Å². The SMILES string of the molecule is CC(=O)NCC(=O)N1CCCC(c2ccc3c(N)nc(-c4ccccc4)nc3n2)C1. The molecule has 154 valence electrons. The van der Waals surface area contributed by atoms with Gasteiger partial charge in [-0.1, -0.05) is 30.3 Å². The molecule has 1 atom stereocenters. The average molecular weight is 404 g/mol. The number of amides is 2. The van der Waals surface area contributed by atoms with Crippen LogP contribution in [0.15, 0.2) is 42.5 Å². The topological polar surface area (TPSA) is 114 Å². The van der Waals surface area contributed by atoms with E-state index < -0.39 is 0 Å². The predicted octanol–water partition coefficient (Wildman–Crippen LogP) is 2.12. The van der Waals surface area contributed by atoms with Crippen LogP contribution in [-0.2, 0) is 9.59 Å². The predicted molar refractivity (Wildman–Crippen MR) is 114 cm³/mol. The van der Waals surface area contributed by atoms with Gasteiger partial charge in [0, 0.05) is 37.2 Å². The number of nitrogen functional groups attached to an aromatic ring is 1. The average Bonchev–Trinajstić information content (AvgIpc) is 2.77. The summed E-state index contributed by atoms with van der Waals surface area (Å²) in [7, 11) is 0. The van der Waals surface area contributed by atoms with Gasteiger partial charge in [-0.05, 0) is 25.0 Å². The summed E-state index contributed by atoms with van der Waals surface area (Å²) in [5.41, 5.74) is 8.49. The van der Waals surface area contributed by atoms with Crippen molar-refractivity contribution in [3.63, 3.8) is 0 Å². The minimum atomic E-state index is -0.209. The fourth-order valence-corrected chi connectivity index (χ4v) is 3.75. The molecule has 1 unspecified atom stereocenters. The molecule has 2 aromatic heterocycles. The molecule has 0 aliphatic carbocycles. The summed E-state index contributed by atoms with van der Waals surface area (Å²) in [6, 6.07) is 13.5. The maximum Gasteiger partial charge on any atom is 0.241 e. The second-order valence-electron chi connectivity index (χ2n) is 7.49. The van der Waals surface area contributed by atoms with Gasteiger partial charge in [-0.15, -0.1) is 0 Å². The number of nitrogens with two attached hydrogens (primary N) is 1. The first-order valence-corrected chi connectivity index (χ1v) is 10.0. The number of hydrogen-bond donors (Lipinski definition) is 2. The lowest BCUT2D eigenvalue weighted by Crippen LogP contribution is -2.44. The van der Waals surface area contributed by atoms with E-state index in [0.29, 0.717) is 35.8 Å². The van der Waals surface area contributed by atoms with Crippen LogP contribution in [0.5, 0.6) is 0 Å². The molecule has 0 bridgehead atoms. The van der Waals surface area contributed by atoms with Crippen molar-refractivity contribution in [3.8, 4) is 11.4 Å². The molecule has 1 fully saturated rings. The van der Waals surface area contributed by atoms with Crippen LogP contribution in [-0.4, -0.2) is 51.3 Å². The van der Waals surface area contributed by atoms with Gasteiger partial charge >= 0.3 is 0 Å². The Hall–Kier alpha value is -3.55. The Balaban J connectivity index is 1.59. The maximum absolute atomic E-state index is 12.4. The van der Waals surface area contributed by atoms with Crippen molar-refractivity contribution in [2.24, 2.45) is 0 Å². The minimum absolute atomic E-state index is 0.0252. The highest BCUT2D eigenvalue weighted by Crippen LogP contribution is 2.28. The van der Waals surface area contributed by atoms with Crippen LogP contribution in [0.4, 0.5) is 5.82 Å². The van der Waals surface area contributed by atoms with Gasteiger partial charge in [0.25, 0.3) is 0 Å². The van der Waals surface area contributed by atoms with Gasteiger partial charge < -0.3 is 16.0 Å². The van der Waals surface area contributed by atoms with Gasteiger partial charge in [-0.3, -0.25) is 9.59 Å². The van der Waals surface area contributed by atoms with Crippen LogP contribution in [0.2, 0.25) is 0 Å². The molecule has 30 heavy (non-hydrogen) atoms. The van der Waals surface area contributed by atoms with Crippen molar-refractivity contribution < 1.29 is 9.59 Å². The first kappa shape index (κ1) is 19.8. The molecule has 8 nitrogen and oxygen atoms in total. The lowest BCUT2D eigenvalue weighted by atomic mass is 9.94. The van der Waals surface area contributed by atoms with Gasteiger partial charge in [0.2, 0.25) is 11.8 Å². The van der Waals surface area contributed by atoms with Crippen molar-refractivity contribution >= 4 is 28.7 Å². The zero-order valence-corrected chi connectivity index (χ0v) is 16.8. The lowest BCUT2D eigenvalue weighted by molar-refractivity contribution is -0.133. The van der Waals surface area contributed by atoms with Crippen molar-refractivity contribution in [1.29, 1.82) is 0 Å². The third-order valence-corrected chi connectivity index (χ3v) is 5.32. The van der Waals surface area contributed by atoms with E-state index in [-0.39, 0.29) is 24.3 Å². The number of pyridine rings is 1. The van der Waals surface area contributed by atoms with Gasteiger partial charge in [-0.25, -0.2) is 15.0 Å². The Kier molecular flexibility index (Phi) is 5.56. The third kappa shape index (κ3) is 4.22. The van der Waals surface area contributed by atoms with Crippen LogP contribution in [0.1, 0.15) is 31.4 Å². The summed E-state index contributed by atoms with van der Waals surface area (Å²) in [5.74, 6) is 0.767. The van der Waals surface area contributed by atoms with Gasteiger partial charge in [0.1, 0.15) is 5.82 Å². The number of nitrogens with one attached hydrogen (secondary N) is 1. The molecule has 8 heteroatoms. The van der Waals surface area contributed by atoms with Gasteiger partial charge in [-0.2, -0.15) is 0 Å². The van der Waals surface area contributed by atoms with E-state index in [1.807, 2.05) is 42.5 Å². The molecular weight excluding hydrogens is 380 g/mol. The quantitative estimate of drug-likeness (QED) is 0.688. The van der Waals surface area contributed by atoms with E-state index in [0.717, 1.165) is 24.1 Å². The molecule has 3 N–H and O–H groups in total. The number of carbonyl (C=O) groups is 2. The number of anilines is 1. The van der Waals surface area contributed by atoms with E-state index >= 15 is 0 Å². The summed E-state index contributed by atoms with van der Waals surface area (Å²) in [5, 5.41) is 3.29. The molecule has 3 heterocycles. The maximum atomic E-state index is 12.4. The molecule has 0 spiro atoms. The van der Waals surface area contributed by atoms with Crippen LogP contribution >= 0.6 is 0 Å². The molecule has 4 rings (SSSR count). The van der Waals surface area contributed by atoms with Crippen LogP contribution in [0, 0.1) is 0 Å². The number of nitrogens with zero attached hydrogens (tertiary/aromatic N) is 4. The second-order valence-corrected chi connectivity index (χ2v) is 7.49. The molecule has 2 amide bonds. The largest absolute Gasteiger partial charge is 0.383 e. The number of fused-ring (bicyclic) bond motifs is 1. The number of hydrogen-bond acceptors (Lipinski definition) is 6. The molecular formula is C22H24N6O2. The number of aromatic nitrogens is 3. The Bertz CT molecular complexity index is 1090. The molecule has 1 saturated heterocycles. The zero-order valence-electron chi connectivity index (χ0n) is 16.8. The first-order valence-electron chi connectivity index (χ1n) is 10.0. The number of carbonyl (C=O) groups excluding carboxylic acids is 2. The Morgan fingerprint density at radius 3 is 2.70 bits per heavy atom. The summed E-state index contributed by atoms with van der Waals surface area (Å²) in [6.45, 7) is 2.69. The first-order chi connectivity index (χ1) is 14.5. The molecule has 3 aromatic rings. The molecule has 0 saturated carbocycles. The van der Waals surface area contributed by atoms with E-state index in [9.17, 15) is 9.59 Å². The fraction of sp³-hybridized carbons (Fsp3) is 0.318. The van der Waals surface area contributed by atoms with Crippen LogP contribution in [0.3, 0.4) is 0 Å². The van der Waals surface area contributed by atoms with Crippen molar-refractivity contribution in [2.75, 3.05) is 25.4 Å². The number of rotatable bonds is 4. The summed E-state index contributed by atoms with van der Waals surface area (Å²) >= 11 is 0. The highest BCUT2D eigenvalue weighted by Gasteiger charge is 2.26. The number of benzene rings is 1. The monoisotopic (exact) mass is 404 g/mol. The lowest BCUT2D eigenvalue weighted by Gasteiger charge is -2.32. The highest BCUT2D eigenvalue weighted by molar-refractivity contribution is 5.87. The number of likely N-dealkylation sites (tertiary alicyclic amines) is 1. The Morgan fingerprint density at radius 1 is 1.13 bits per heavy atom. The van der Waals surface area contributed by atoms with E-state index in [1.165, 1.54) is 6.92 Å². The summed E-state index contributed by atoms with van der Waals surface area (Å²) in [6.07, 6.45) is 1.83. The fourth-order valence-electron chi connectivity index (χ4n) is 3.75. The molecule has 0 radical (unpaired) electrons. The second kappa shape index (κ2) is 8.44. The van der Waals surface area contributed by atoms with Crippen LogP contribution < -0.4 is 11.1 Å². The standard InChI is InChI=1S/C22H24N6O2/c1-14(29)24-12-19(30)28-11-5-8-16(13-28)18-10-9-17-20(23)26-21(27-22(17)25-18)15-6-3-2-4-7-15/h2-4,6-7,9-10,16H,5,8,11-13H2,1H3,(H,24,29)(H2,23,25,26,27). The molecule has 1 aliphatic heterocycles.